The molecule has 0 saturated heterocycles. The van der Waals surface area contributed by atoms with Gasteiger partial charge in [-0.2, -0.15) is 0 Å². The molecule has 1 amide bonds. The number of hydrogen-bond donors (Lipinski definition) is 0. The SMILES string of the molecule is COC(=O)N1C=CC2(C)C=CC12C. The monoisotopic (exact) mass is 179 g/mol. The van der Waals surface area contributed by atoms with Gasteiger partial charge >= 0.3 is 6.09 Å². The standard InChI is InChI=1S/C10H13NO2/c1-9-4-5-10(9,2)11(7-6-9)8(12)13-3/h4-7H,1-3H3. The van der Waals surface area contributed by atoms with Gasteiger partial charge in [-0.25, -0.2) is 4.79 Å². The summed E-state index contributed by atoms with van der Waals surface area (Å²) in [6.45, 7) is 4.14. The normalized spacial score (nSPS) is 40.1. The number of nitrogens with zero attached hydrogens (tertiary/aromatic N) is 1. The Morgan fingerprint density at radius 1 is 1.31 bits per heavy atom. The van der Waals surface area contributed by atoms with E-state index in [1.165, 1.54) is 7.11 Å². The van der Waals surface area contributed by atoms with Crippen LogP contribution in [0.2, 0.25) is 0 Å². The van der Waals surface area contributed by atoms with Gasteiger partial charge in [0.1, 0.15) is 0 Å². The Kier molecular flexibility index (Phi) is 1.39. The number of methoxy groups -OCH3 is 1. The molecule has 3 heteroatoms. The van der Waals surface area contributed by atoms with Crippen molar-refractivity contribution in [1.82, 2.24) is 4.90 Å². The Morgan fingerprint density at radius 3 is 2.38 bits per heavy atom. The first-order chi connectivity index (χ1) is 6.03. The van der Waals surface area contributed by atoms with Crippen molar-refractivity contribution in [2.75, 3.05) is 7.11 Å². The Hall–Kier alpha value is -1.25. The van der Waals surface area contributed by atoms with Gasteiger partial charge in [0.05, 0.1) is 12.6 Å². The quantitative estimate of drug-likeness (QED) is 0.532. The molecule has 70 valence electrons. The van der Waals surface area contributed by atoms with E-state index in [0.717, 1.165) is 0 Å². The molecule has 1 aliphatic carbocycles. The molecule has 0 aromatic carbocycles. The lowest BCUT2D eigenvalue weighted by molar-refractivity contribution is 0.0882. The van der Waals surface area contributed by atoms with Crippen LogP contribution in [0.1, 0.15) is 13.8 Å². The van der Waals surface area contributed by atoms with Gasteiger partial charge in [0, 0.05) is 11.6 Å². The molecular formula is C10H13NO2. The van der Waals surface area contributed by atoms with Gasteiger partial charge in [-0.05, 0) is 13.8 Å². The van der Waals surface area contributed by atoms with Crippen molar-refractivity contribution in [2.45, 2.75) is 19.4 Å². The van der Waals surface area contributed by atoms with Crippen LogP contribution in [0.25, 0.3) is 0 Å². The topological polar surface area (TPSA) is 29.5 Å². The van der Waals surface area contributed by atoms with Crippen LogP contribution in [0.4, 0.5) is 4.79 Å². The van der Waals surface area contributed by atoms with Crippen LogP contribution in [0.3, 0.4) is 0 Å². The van der Waals surface area contributed by atoms with Crippen LogP contribution in [0, 0.1) is 5.41 Å². The van der Waals surface area contributed by atoms with Gasteiger partial charge in [0.15, 0.2) is 0 Å². The zero-order valence-electron chi connectivity index (χ0n) is 8.07. The Bertz CT molecular complexity index is 321. The first-order valence-corrected chi connectivity index (χ1v) is 4.30. The van der Waals surface area contributed by atoms with E-state index in [2.05, 4.69) is 13.0 Å². The van der Waals surface area contributed by atoms with Gasteiger partial charge in [-0.15, -0.1) is 0 Å². The third-order valence-electron chi connectivity index (χ3n) is 3.29. The second-order valence-corrected chi connectivity index (χ2v) is 3.92. The number of carbonyl (C=O) groups excluding carboxylic acids is 1. The zero-order valence-corrected chi connectivity index (χ0v) is 8.07. The number of ether oxygens (including phenoxy) is 1. The van der Waals surface area contributed by atoms with Crippen molar-refractivity contribution < 1.29 is 9.53 Å². The Balaban J connectivity index is 2.32. The van der Waals surface area contributed by atoms with Gasteiger partial charge in [0.25, 0.3) is 0 Å². The van der Waals surface area contributed by atoms with E-state index in [0.29, 0.717) is 0 Å². The summed E-state index contributed by atoms with van der Waals surface area (Å²) >= 11 is 0. The second-order valence-electron chi connectivity index (χ2n) is 3.92. The maximum atomic E-state index is 11.4. The first kappa shape index (κ1) is 8.35. The predicted octanol–water partition coefficient (Wildman–Crippen LogP) is 1.92. The van der Waals surface area contributed by atoms with Crippen LogP contribution in [-0.4, -0.2) is 23.6 Å². The highest BCUT2D eigenvalue weighted by molar-refractivity contribution is 5.73. The van der Waals surface area contributed by atoms with Gasteiger partial charge in [-0.3, -0.25) is 4.90 Å². The van der Waals surface area contributed by atoms with E-state index in [1.54, 1.807) is 11.1 Å². The highest BCUT2D eigenvalue weighted by atomic mass is 16.5. The van der Waals surface area contributed by atoms with Crippen LogP contribution in [-0.2, 0) is 4.74 Å². The zero-order chi connectivity index (χ0) is 9.69. The summed E-state index contributed by atoms with van der Waals surface area (Å²) in [4.78, 5) is 13.0. The molecule has 1 heterocycles. The summed E-state index contributed by atoms with van der Waals surface area (Å²) in [5.41, 5.74) is -0.235. The minimum absolute atomic E-state index is 0.0127. The Morgan fingerprint density at radius 2 is 2.00 bits per heavy atom. The summed E-state index contributed by atoms with van der Waals surface area (Å²) in [6.07, 6.45) is 7.67. The molecule has 0 aromatic rings. The molecule has 1 aliphatic heterocycles. The minimum Gasteiger partial charge on any atom is -0.452 e. The van der Waals surface area contributed by atoms with Crippen LogP contribution in [0.5, 0.6) is 0 Å². The molecule has 0 fully saturated rings. The largest absolute Gasteiger partial charge is 0.452 e. The highest BCUT2D eigenvalue weighted by Crippen LogP contribution is 2.51. The van der Waals surface area contributed by atoms with E-state index in [4.69, 9.17) is 4.74 Å². The lowest BCUT2D eigenvalue weighted by Crippen LogP contribution is -2.55. The first-order valence-electron chi connectivity index (χ1n) is 4.30. The van der Waals surface area contributed by atoms with Gasteiger partial charge in [-0.1, -0.05) is 18.2 Å². The van der Waals surface area contributed by atoms with Crippen molar-refractivity contribution in [3.63, 3.8) is 0 Å². The van der Waals surface area contributed by atoms with Crippen LogP contribution in [0.15, 0.2) is 24.4 Å². The predicted molar refractivity (Wildman–Crippen MR) is 49.0 cm³/mol. The molecule has 2 aliphatic rings. The summed E-state index contributed by atoms with van der Waals surface area (Å²) < 4.78 is 4.70. The van der Waals surface area contributed by atoms with Gasteiger partial charge < -0.3 is 4.74 Å². The van der Waals surface area contributed by atoms with E-state index < -0.39 is 0 Å². The molecule has 2 atom stereocenters. The summed E-state index contributed by atoms with van der Waals surface area (Å²) in [5, 5.41) is 0. The summed E-state index contributed by atoms with van der Waals surface area (Å²) in [5.74, 6) is 0. The lowest BCUT2D eigenvalue weighted by Gasteiger charge is -2.47. The fourth-order valence-electron chi connectivity index (χ4n) is 1.88. The molecule has 2 rings (SSSR count). The summed E-state index contributed by atoms with van der Waals surface area (Å²) in [7, 11) is 1.40. The molecule has 0 aromatic heterocycles. The minimum atomic E-state index is -0.299. The van der Waals surface area contributed by atoms with E-state index in [-0.39, 0.29) is 17.0 Å². The summed E-state index contributed by atoms with van der Waals surface area (Å²) in [6, 6.07) is 0. The lowest BCUT2D eigenvalue weighted by atomic mass is 9.64. The molecule has 0 radical (unpaired) electrons. The molecule has 0 saturated carbocycles. The maximum absolute atomic E-state index is 11.4. The number of amides is 1. The molecule has 0 bridgehead atoms. The number of hydrogen-bond acceptors (Lipinski definition) is 2. The fraction of sp³-hybridized carbons (Fsp3) is 0.500. The van der Waals surface area contributed by atoms with Crippen molar-refractivity contribution in [3.8, 4) is 0 Å². The highest BCUT2D eigenvalue weighted by Gasteiger charge is 2.55. The molecular weight excluding hydrogens is 166 g/mol. The molecule has 0 spiro atoms. The molecule has 3 nitrogen and oxygen atoms in total. The third-order valence-corrected chi connectivity index (χ3v) is 3.29. The number of fused-ring (bicyclic) bond motifs is 1. The van der Waals surface area contributed by atoms with Crippen molar-refractivity contribution in [1.29, 1.82) is 0 Å². The van der Waals surface area contributed by atoms with Crippen LogP contribution >= 0.6 is 0 Å². The maximum Gasteiger partial charge on any atom is 0.414 e. The smallest absolute Gasteiger partial charge is 0.414 e. The van der Waals surface area contributed by atoms with E-state index in [1.807, 2.05) is 19.1 Å². The average molecular weight is 179 g/mol. The second kappa shape index (κ2) is 2.16. The third kappa shape index (κ3) is 0.767. The number of carbonyl (C=O) groups is 1. The van der Waals surface area contributed by atoms with Crippen LogP contribution < -0.4 is 0 Å². The molecule has 0 N–H and O–H groups in total. The molecule has 2 unspecified atom stereocenters. The van der Waals surface area contributed by atoms with Crippen molar-refractivity contribution >= 4 is 6.09 Å². The van der Waals surface area contributed by atoms with Crippen molar-refractivity contribution in [3.05, 3.63) is 24.4 Å². The average Bonchev–Trinajstić information content (AvgIpc) is 2.29. The van der Waals surface area contributed by atoms with Crippen molar-refractivity contribution in [2.24, 2.45) is 5.41 Å². The number of rotatable bonds is 0. The molecule has 13 heavy (non-hydrogen) atoms. The van der Waals surface area contributed by atoms with E-state index >= 15 is 0 Å². The Labute approximate surface area is 77.7 Å². The fourth-order valence-corrected chi connectivity index (χ4v) is 1.88. The van der Waals surface area contributed by atoms with E-state index in [9.17, 15) is 4.79 Å². The van der Waals surface area contributed by atoms with Gasteiger partial charge in [0.2, 0.25) is 0 Å².